The van der Waals surface area contributed by atoms with Gasteiger partial charge in [-0.05, 0) is 37.3 Å². The van der Waals surface area contributed by atoms with Crippen molar-refractivity contribution in [1.29, 1.82) is 0 Å². The number of aliphatic hydroxyl groups is 1. The van der Waals surface area contributed by atoms with Crippen LogP contribution in [0.25, 0.3) is 0 Å². The van der Waals surface area contributed by atoms with Crippen LogP contribution in [-0.4, -0.2) is 35.1 Å². The molecule has 0 bridgehead atoms. The fraction of sp³-hybridized carbons (Fsp3) is 0.583. The van der Waals surface area contributed by atoms with Gasteiger partial charge in [-0.25, -0.2) is 0 Å². The molecule has 0 unspecified atom stereocenters. The number of carbonyl (C=O) groups excluding carboxylic acids is 1. The number of thiophene rings is 1. The first-order valence-corrected chi connectivity index (χ1v) is 6.48. The van der Waals surface area contributed by atoms with Gasteiger partial charge in [0.1, 0.15) is 0 Å². The summed E-state index contributed by atoms with van der Waals surface area (Å²) in [5.41, 5.74) is 1.10. The van der Waals surface area contributed by atoms with Gasteiger partial charge in [0, 0.05) is 12.6 Å². The van der Waals surface area contributed by atoms with Crippen LogP contribution in [0.2, 0.25) is 0 Å². The van der Waals surface area contributed by atoms with Gasteiger partial charge in [0.2, 0.25) is 0 Å². The lowest BCUT2D eigenvalue weighted by Gasteiger charge is -2.25. The van der Waals surface area contributed by atoms with E-state index in [1.54, 1.807) is 4.90 Å². The quantitative estimate of drug-likeness (QED) is 0.858. The van der Waals surface area contributed by atoms with Gasteiger partial charge >= 0.3 is 0 Å². The molecule has 16 heavy (non-hydrogen) atoms. The number of rotatable bonds is 5. The highest BCUT2D eigenvalue weighted by molar-refractivity contribution is 7.12. The predicted molar refractivity (Wildman–Crippen MR) is 67.0 cm³/mol. The van der Waals surface area contributed by atoms with E-state index in [1.807, 2.05) is 32.2 Å². The summed E-state index contributed by atoms with van der Waals surface area (Å²) in [6.07, 6.45) is 0.871. The van der Waals surface area contributed by atoms with Crippen LogP contribution in [0.3, 0.4) is 0 Å². The van der Waals surface area contributed by atoms with Crippen LogP contribution in [0, 0.1) is 0 Å². The molecule has 0 aliphatic rings. The summed E-state index contributed by atoms with van der Waals surface area (Å²) in [6.45, 7) is 6.39. The molecule has 1 aromatic heterocycles. The fourth-order valence-corrected chi connectivity index (χ4v) is 2.58. The maximum Gasteiger partial charge on any atom is 0.264 e. The van der Waals surface area contributed by atoms with E-state index in [-0.39, 0.29) is 18.6 Å². The van der Waals surface area contributed by atoms with Crippen LogP contribution < -0.4 is 0 Å². The number of nitrogens with zero attached hydrogens (tertiary/aromatic N) is 1. The van der Waals surface area contributed by atoms with E-state index in [0.717, 1.165) is 16.9 Å². The van der Waals surface area contributed by atoms with Crippen molar-refractivity contribution >= 4 is 17.2 Å². The minimum absolute atomic E-state index is 0.0107. The van der Waals surface area contributed by atoms with Gasteiger partial charge < -0.3 is 10.0 Å². The number of amides is 1. The van der Waals surface area contributed by atoms with Gasteiger partial charge in [-0.15, -0.1) is 11.3 Å². The average Bonchev–Trinajstić information content (AvgIpc) is 2.72. The molecule has 0 aromatic carbocycles. The van der Waals surface area contributed by atoms with Crippen molar-refractivity contribution in [2.75, 3.05) is 13.2 Å². The SMILES string of the molecule is CCc1ccsc1C(=O)N(CCO)C(C)C. The van der Waals surface area contributed by atoms with Crippen molar-refractivity contribution in [3.05, 3.63) is 21.9 Å². The Labute approximate surface area is 101 Å². The second-order valence-corrected chi connectivity index (χ2v) is 4.86. The Morgan fingerprint density at radius 1 is 1.56 bits per heavy atom. The largest absolute Gasteiger partial charge is 0.395 e. The third-order valence-corrected chi connectivity index (χ3v) is 3.49. The molecule has 0 saturated carbocycles. The third-order valence-electron chi connectivity index (χ3n) is 2.55. The Kier molecular flexibility index (Phi) is 4.96. The van der Waals surface area contributed by atoms with Crippen molar-refractivity contribution < 1.29 is 9.90 Å². The Bertz CT molecular complexity index is 347. The maximum absolute atomic E-state index is 12.2. The molecule has 4 heteroatoms. The normalized spacial score (nSPS) is 10.8. The molecule has 1 heterocycles. The van der Waals surface area contributed by atoms with Crippen molar-refractivity contribution in [2.45, 2.75) is 33.2 Å². The summed E-state index contributed by atoms with van der Waals surface area (Å²) in [5, 5.41) is 10.9. The van der Waals surface area contributed by atoms with Gasteiger partial charge in [-0.3, -0.25) is 4.79 Å². The van der Waals surface area contributed by atoms with E-state index in [4.69, 9.17) is 5.11 Å². The molecule has 0 aliphatic heterocycles. The zero-order valence-electron chi connectivity index (χ0n) is 10.1. The van der Waals surface area contributed by atoms with Crippen molar-refractivity contribution in [3.8, 4) is 0 Å². The molecule has 1 amide bonds. The van der Waals surface area contributed by atoms with E-state index < -0.39 is 0 Å². The second-order valence-electron chi connectivity index (χ2n) is 3.94. The summed E-state index contributed by atoms with van der Waals surface area (Å²) in [6, 6.07) is 2.11. The van der Waals surface area contributed by atoms with Gasteiger partial charge in [0.25, 0.3) is 5.91 Å². The first-order valence-electron chi connectivity index (χ1n) is 5.60. The van der Waals surface area contributed by atoms with E-state index >= 15 is 0 Å². The predicted octanol–water partition coefficient (Wildman–Crippen LogP) is 2.15. The molecule has 0 spiro atoms. The highest BCUT2D eigenvalue weighted by atomic mass is 32.1. The first-order chi connectivity index (χ1) is 7.61. The van der Waals surface area contributed by atoms with Gasteiger partial charge in [0.05, 0.1) is 11.5 Å². The van der Waals surface area contributed by atoms with E-state index in [2.05, 4.69) is 0 Å². The zero-order chi connectivity index (χ0) is 12.1. The van der Waals surface area contributed by atoms with Gasteiger partial charge in [-0.2, -0.15) is 0 Å². The van der Waals surface area contributed by atoms with E-state index in [9.17, 15) is 4.79 Å². The monoisotopic (exact) mass is 241 g/mol. The Balaban J connectivity index is 2.90. The summed E-state index contributed by atoms with van der Waals surface area (Å²) in [5.74, 6) is 0.0379. The lowest BCUT2D eigenvalue weighted by Crippen LogP contribution is -2.38. The Morgan fingerprint density at radius 2 is 2.25 bits per heavy atom. The highest BCUT2D eigenvalue weighted by Gasteiger charge is 2.21. The zero-order valence-corrected chi connectivity index (χ0v) is 10.9. The van der Waals surface area contributed by atoms with Crippen LogP contribution in [0.15, 0.2) is 11.4 Å². The maximum atomic E-state index is 12.2. The van der Waals surface area contributed by atoms with Crippen LogP contribution in [-0.2, 0) is 6.42 Å². The summed E-state index contributed by atoms with van der Waals surface area (Å²) in [4.78, 5) is 14.8. The first kappa shape index (κ1) is 13.2. The Hall–Kier alpha value is -0.870. The lowest BCUT2D eigenvalue weighted by molar-refractivity contribution is 0.0669. The Morgan fingerprint density at radius 3 is 2.75 bits per heavy atom. The third kappa shape index (κ3) is 2.83. The molecule has 0 saturated heterocycles. The lowest BCUT2D eigenvalue weighted by atomic mass is 10.2. The van der Waals surface area contributed by atoms with Crippen molar-refractivity contribution in [2.24, 2.45) is 0 Å². The molecule has 0 atom stereocenters. The molecule has 0 radical (unpaired) electrons. The van der Waals surface area contributed by atoms with Crippen LogP contribution in [0.4, 0.5) is 0 Å². The number of aliphatic hydroxyl groups excluding tert-OH is 1. The summed E-state index contributed by atoms with van der Waals surface area (Å²) >= 11 is 1.48. The number of aryl methyl sites for hydroxylation is 1. The molecule has 3 nitrogen and oxygen atoms in total. The summed E-state index contributed by atoms with van der Waals surface area (Å²) in [7, 11) is 0. The number of hydrogen-bond acceptors (Lipinski definition) is 3. The van der Waals surface area contributed by atoms with Gasteiger partial charge in [-0.1, -0.05) is 6.92 Å². The summed E-state index contributed by atoms with van der Waals surface area (Å²) < 4.78 is 0. The van der Waals surface area contributed by atoms with Gasteiger partial charge in [0.15, 0.2) is 0 Å². The minimum atomic E-state index is 0.0107. The average molecular weight is 241 g/mol. The molecule has 1 N–H and O–H groups in total. The van der Waals surface area contributed by atoms with Crippen LogP contribution in [0.5, 0.6) is 0 Å². The van der Waals surface area contributed by atoms with Crippen LogP contribution >= 0.6 is 11.3 Å². The number of hydrogen-bond donors (Lipinski definition) is 1. The van der Waals surface area contributed by atoms with Crippen molar-refractivity contribution in [1.82, 2.24) is 4.90 Å². The minimum Gasteiger partial charge on any atom is -0.395 e. The fourth-order valence-electron chi connectivity index (χ4n) is 1.63. The van der Waals surface area contributed by atoms with Crippen molar-refractivity contribution in [3.63, 3.8) is 0 Å². The number of carbonyl (C=O) groups is 1. The smallest absolute Gasteiger partial charge is 0.264 e. The molecule has 0 aliphatic carbocycles. The molecule has 0 fully saturated rings. The standard InChI is InChI=1S/C12H19NO2S/c1-4-10-5-8-16-11(10)12(15)13(6-7-14)9(2)3/h5,8-9,14H,4,6-7H2,1-3H3. The second kappa shape index (κ2) is 6.01. The molecule has 1 aromatic rings. The molecule has 90 valence electrons. The highest BCUT2D eigenvalue weighted by Crippen LogP contribution is 2.20. The molecule has 1 rings (SSSR count). The van der Waals surface area contributed by atoms with E-state index in [0.29, 0.717) is 6.54 Å². The topological polar surface area (TPSA) is 40.5 Å². The molecular formula is C12H19NO2S. The molecular weight excluding hydrogens is 222 g/mol. The van der Waals surface area contributed by atoms with E-state index in [1.165, 1.54) is 11.3 Å². The van der Waals surface area contributed by atoms with Crippen LogP contribution in [0.1, 0.15) is 36.0 Å².